The Labute approximate surface area is 132 Å². The van der Waals surface area contributed by atoms with Crippen LogP contribution in [0.1, 0.15) is 34.8 Å². The second-order valence-electron chi connectivity index (χ2n) is 5.03. The first-order valence-corrected chi connectivity index (χ1v) is 9.44. The largest absolute Gasteiger partial charge is 0.476 e. The maximum absolute atomic E-state index is 12.2. The number of aromatic carboxylic acids is 1. The number of carbonyl (C=O) groups is 2. The lowest BCUT2D eigenvalue weighted by Gasteiger charge is -2.32. The van der Waals surface area contributed by atoms with Gasteiger partial charge >= 0.3 is 5.97 Å². The molecule has 8 nitrogen and oxygen atoms in total. The summed E-state index contributed by atoms with van der Waals surface area (Å²) in [6.45, 7) is 0.433. The molecule has 2 rings (SSSR count). The third kappa shape index (κ3) is 4.02. The molecule has 0 aromatic carbocycles. The van der Waals surface area contributed by atoms with Crippen molar-refractivity contribution in [1.29, 1.82) is 0 Å². The van der Waals surface area contributed by atoms with Gasteiger partial charge in [0.15, 0.2) is 5.69 Å². The highest BCUT2D eigenvalue weighted by atomic mass is 32.2. The molecule has 2 heterocycles. The normalized spacial score (nSPS) is 19.8. The molecule has 0 bridgehead atoms. The molecule has 2 N–H and O–H groups in total. The van der Waals surface area contributed by atoms with E-state index < -0.39 is 22.0 Å². The van der Waals surface area contributed by atoms with E-state index in [1.165, 1.54) is 9.69 Å². The summed E-state index contributed by atoms with van der Waals surface area (Å²) in [6.07, 6.45) is 3.12. The van der Waals surface area contributed by atoms with Crippen LogP contribution >= 0.6 is 11.3 Å². The molecule has 0 saturated carbocycles. The first-order chi connectivity index (χ1) is 10.3. The summed E-state index contributed by atoms with van der Waals surface area (Å²) in [6, 6.07) is -0.706. The molecule has 0 aliphatic carbocycles. The molecular weight excluding hydrogens is 330 g/mol. The lowest BCUT2D eigenvalue weighted by Crippen LogP contribution is -2.51. The smallest absolute Gasteiger partial charge is 0.355 e. The van der Waals surface area contributed by atoms with Crippen molar-refractivity contribution in [2.75, 3.05) is 12.8 Å². The van der Waals surface area contributed by atoms with E-state index in [-0.39, 0.29) is 18.1 Å². The van der Waals surface area contributed by atoms with E-state index in [0.29, 0.717) is 18.0 Å². The van der Waals surface area contributed by atoms with Crippen molar-refractivity contribution in [2.45, 2.75) is 31.8 Å². The monoisotopic (exact) mass is 347 g/mol. The Morgan fingerprint density at radius 1 is 1.50 bits per heavy atom. The highest BCUT2D eigenvalue weighted by molar-refractivity contribution is 7.88. The van der Waals surface area contributed by atoms with Crippen LogP contribution in [0.4, 0.5) is 0 Å². The number of piperidine rings is 1. The summed E-state index contributed by atoms with van der Waals surface area (Å²) < 4.78 is 24.7. The van der Waals surface area contributed by atoms with Crippen LogP contribution in [-0.2, 0) is 21.4 Å². The minimum absolute atomic E-state index is 0.0651. The number of carbonyl (C=O) groups excluding carboxylic acids is 1. The van der Waals surface area contributed by atoms with Crippen molar-refractivity contribution in [2.24, 2.45) is 0 Å². The Balaban J connectivity index is 1.99. The number of hydrogen-bond donors (Lipinski definition) is 2. The van der Waals surface area contributed by atoms with Crippen molar-refractivity contribution in [1.82, 2.24) is 14.6 Å². The summed E-state index contributed by atoms with van der Waals surface area (Å²) in [7, 11) is -3.43. The molecule has 22 heavy (non-hydrogen) atoms. The number of sulfonamides is 1. The van der Waals surface area contributed by atoms with Gasteiger partial charge in [0.1, 0.15) is 11.0 Å². The van der Waals surface area contributed by atoms with E-state index >= 15 is 0 Å². The molecule has 1 saturated heterocycles. The van der Waals surface area contributed by atoms with Gasteiger partial charge in [0.25, 0.3) is 0 Å². The van der Waals surface area contributed by atoms with E-state index in [4.69, 9.17) is 5.11 Å². The van der Waals surface area contributed by atoms with E-state index in [0.717, 1.165) is 30.4 Å². The van der Waals surface area contributed by atoms with Crippen LogP contribution in [0.3, 0.4) is 0 Å². The molecule has 0 radical (unpaired) electrons. The van der Waals surface area contributed by atoms with Crippen LogP contribution in [0.15, 0.2) is 5.38 Å². The van der Waals surface area contributed by atoms with Gasteiger partial charge in [-0.15, -0.1) is 11.3 Å². The van der Waals surface area contributed by atoms with E-state index in [1.807, 2.05) is 0 Å². The SMILES string of the molecule is CS(=O)(=O)N1CCCC[C@@H]1C(=O)NCc1nc(C(=O)O)cs1. The van der Waals surface area contributed by atoms with Crippen LogP contribution in [0.25, 0.3) is 0 Å². The number of carboxylic acid groups (broad SMARTS) is 1. The molecule has 1 aromatic heterocycles. The molecule has 1 aromatic rings. The van der Waals surface area contributed by atoms with Gasteiger partial charge in [0, 0.05) is 11.9 Å². The van der Waals surface area contributed by atoms with Crippen molar-refractivity contribution in [3.63, 3.8) is 0 Å². The van der Waals surface area contributed by atoms with Gasteiger partial charge in [0.05, 0.1) is 12.8 Å². The Kier molecular flexibility index (Phi) is 5.14. The van der Waals surface area contributed by atoms with Crippen LogP contribution in [0, 0.1) is 0 Å². The topological polar surface area (TPSA) is 117 Å². The Morgan fingerprint density at radius 3 is 2.82 bits per heavy atom. The van der Waals surface area contributed by atoms with Crippen LogP contribution in [0.2, 0.25) is 0 Å². The number of thiazole rings is 1. The summed E-state index contributed by atoms with van der Waals surface area (Å²) in [4.78, 5) is 26.8. The standard InChI is InChI=1S/C12H17N3O5S2/c1-22(19,20)15-5-3-2-4-9(15)11(16)13-6-10-14-8(7-21-10)12(17)18/h7,9H,2-6H2,1H3,(H,13,16)(H,17,18)/t9-/m1/s1. The van der Waals surface area contributed by atoms with Gasteiger partial charge in [-0.1, -0.05) is 6.42 Å². The fourth-order valence-electron chi connectivity index (χ4n) is 2.33. The highest BCUT2D eigenvalue weighted by Crippen LogP contribution is 2.20. The zero-order valence-corrected chi connectivity index (χ0v) is 13.6. The second-order valence-corrected chi connectivity index (χ2v) is 7.91. The number of hydrogen-bond acceptors (Lipinski definition) is 6. The fraction of sp³-hybridized carbons (Fsp3) is 0.583. The quantitative estimate of drug-likeness (QED) is 0.790. The zero-order valence-electron chi connectivity index (χ0n) is 12.0. The number of carboxylic acids is 1. The van der Waals surface area contributed by atoms with Gasteiger partial charge in [-0.05, 0) is 12.8 Å². The van der Waals surface area contributed by atoms with Gasteiger partial charge in [-0.25, -0.2) is 18.2 Å². The maximum Gasteiger partial charge on any atom is 0.355 e. The van der Waals surface area contributed by atoms with Crippen LogP contribution in [0.5, 0.6) is 0 Å². The molecule has 0 unspecified atom stereocenters. The summed E-state index contributed by atoms with van der Waals surface area (Å²) in [5.74, 6) is -1.50. The van der Waals surface area contributed by atoms with Gasteiger partial charge < -0.3 is 10.4 Å². The Hall–Kier alpha value is -1.52. The molecule has 1 amide bonds. The summed E-state index contributed by atoms with van der Waals surface area (Å²) in [5, 5.41) is 13.3. The summed E-state index contributed by atoms with van der Waals surface area (Å²) >= 11 is 1.13. The Bertz CT molecular complexity index is 670. The maximum atomic E-state index is 12.2. The third-order valence-electron chi connectivity index (χ3n) is 3.37. The lowest BCUT2D eigenvalue weighted by molar-refractivity contribution is -0.125. The van der Waals surface area contributed by atoms with E-state index in [9.17, 15) is 18.0 Å². The molecule has 1 atom stereocenters. The molecule has 0 spiro atoms. The van der Waals surface area contributed by atoms with Crippen molar-refractivity contribution < 1.29 is 23.1 Å². The molecule has 1 aliphatic heterocycles. The fourth-order valence-corrected chi connectivity index (χ4v) is 4.17. The molecule has 1 aliphatic rings. The number of nitrogens with zero attached hydrogens (tertiary/aromatic N) is 2. The molecule has 1 fully saturated rings. The van der Waals surface area contributed by atoms with Gasteiger partial charge in [0.2, 0.25) is 15.9 Å². The minimum atomic E-state index is -3.43. The van der Waals surface area contributed by atoms with Gasteiger partial charge in [-0.2, -0.15) is 4.31 Å². The number of rotatable bonds is 5. The third-order valence-corrected chi connectivity index (χ3v) is 5.50. The van der Waals surface area contributed by atoms with E-state index in [2.05, 4.69) is 10.3 Å². The molecule has 122 valence electrons. The predicted molar refractivity (Wildman–Crippen MR) is 80.1 cm³/mol. The first-order valence-electron chi connectivity index (χ1n) is 6.71. The Morgan fingerprint density at radius 2 is 2.23 bits per heavy atom. The van der Waals surface area contributed by atoms with Crippen molar-refractivity contribution in [3.8, 4) is 0 Å². The number of aromatic nitrogens is 1. The average Bonchev–Trinajstić information content (AvgIpc) is 2.93. The van der Waals surface area contributed by atoms with Crippen LogP contribution in [-0.4, -0.2) is 53.5 Å². The van der Waals surface area contributed by atoms with Crippen molar-refractivity contribution in [3.05, 3.63) is 16.1 Å². The number of nitrogens with one attached hydrogen (secondary N) is 1. The van der Waals surface area contributed by atoms with E-state index in [1.54, 1.807) is 0 Å². The molecule has 10 heteroatoms. The lowest BCUT2D eigenvalue weighted by atomic mass is 10.0. The predicted octanol–water partition coefficient (Wildman–Crippen LogP) is 0.272. The van der Waals surface area contributed by atoms with Crippen molar-refractivity contribution >= 4 is 33.2 Å². The van der Waals surface area contributed by atoms with Crippen LogP contribution < -0.4 is 5.32 Å². The summed E-state index contributed by atoms with van der Waals surface area (Å²) in [5.41, 5.74) is -0.0651. The average molecular weight is 347 g/mol. The van der Waals surface area contributed by atoms with Gasteiger partial charge in [-0.3, -0.25) is 4.79 Å². The second kappa shape index (κ2) is 6.71. The first kappa shape index (κ1) is 16.8. The zero-order chi connectivity index (χ0) is 16.3. The minimum Gasteiger partial charge on any atom is -0.476 e. The number of amides is 1. The molecular formula is C12H17N3O5S2. The highest BCUT2D eigenvalue weighted by Gasteiger charge is 2.34.